The van der Waals surface area contributed by atoms with Crippen LogP contribution in [0.4, 0.5) is 0 Å². The first-order valence-electron chi connectivity index (χ1n) is 11.5. The Morgan fingerprint density at radius 3 is 2.45 bits per heavy atom. The molecule has 3 heterocycles. The molecule has 6 nitrogen and oxygen atoms in total. The van der Waals surface area contributed by atoms with Gasteiger partial charge in [0.1, 0.15) is 0 Å². The number of amides is 2. The van der Waals surface area contributed by atoms with Crippen molar-refractivity contribution >= 4 is 22.7 Å². The molecule has 2 unspecified atom stereocenters. The summed E-state index contributed by atoms with van der Waals surface area (Å²) in [7, 11) is 1.99. The molecule has 2 aliphatic heterocycles. The maximum absolute atomic E-state index is 12.9. The molecule has 4 rings (SSSR count). The van der Waals surface area contributed by atoms with Crippen LogP contribution in [0, 0.1) is 12.8 Å². The lowest BCUT2D eigenvalue weighted by Crippen LogP contribution is -2.52. The normalized spacial score (nSPS) is 23.8. The van der Waals surface area contributed by atoms with E-state index in [9.17, 15) is 9.59 Å². The van der Waals surface area contributed by atoms with Gasteiger partial charge >= 0.3 is 0 Å². The summed E-state index contributed by atoms with van der Waals surface area (Å²) in [4.78, 5) is 27.7. The van der Waals surface area contributed by atoms with E-state index in [0.717, 1.165) is 42.1 Å². The summed E-state index contributed by atoms with van der Waals surface area (Å²) in [5.41, 5.74) is 2.83. The molecule has 0 aliphatic carbocycles. The summed E-state index contributed by atoms with van der Waals surface area (Å²) < 4.78 is 2.03. The Hall–Kier alpha value is -2.34. The van der Waals surface area contributed by atoms with Crippen LogP contribution in [-0.2, 0) is 11.8 Å². The van der Waals surface area contributed by atoms with Gasteiger partial charge in [-0.3, -0.25) is 14.5 Å². The number of hydrogen-bond acceptors (Lipinski definition) is 3. The molecule has 1 aromatic heterocycles. The summed E-state index contributed by atoms with van der Waals surface area (Å²) in [6, 6.07) is 7.12. The number of aromatic nitrogens is 1. The highest BCUT2D eigenvalue weighted by atomic mass is 16.2. The van der Waals surface area contributed by atoms with E-state index < -0.39 is 0 Å². The number of carbonyl (C=O) groups excluding carboxylic acids is 2. The number of nitrogens with zero attached hydrogens (tertiary/aromatic N) is 2. The highest BCUT2D eigenvalue weighted by Crippen LogP contribution is 2.38. The largest absolute Gasteiger partial charge is 0.352 e. The monoisotopic (exact) mass is 424 g/mol. The predicted molar refractivity (Wildman–Crippen MR) is 124 cm³/mol. The maximum Gasteiger partial charge on any atom is 0.253 e. The molecule has 0 saturated carbocycles. The quantitative estimate of drug-likeness (QED) is 0.773. The van der Waals surface area contributed by atoms with Crippen LogP contribution in [0.2, 0.25) is 0 Å². The van der Waals surface area contributed by atoms with E-state index >= 15 is 0 Å². The Morgan fingerprint density at radius 2 is 1.81 bits per heavy atom. The van der Waals surface area contributed by atoms with Crippen molar-refractivity contribution in [1.29, 1.82) is 0 Å². The van der Waals surface area contributed by atoms with Gasteiger partial charge in [0, 0.05) is 48.3 Å². The number of benzene rings is 1. The van der Waals surface area contributed by atoms with Gasteiger partial charge < -0.3 is 15.2 Å². The van der Waals surface area contributed by atoms with Crippen LogP contribution in [0.3, 0.4) is 0 Å². The van der Waals surface area contributed by atoms with Gasteiger partial charge in [-0.2, -0.15) is 0 Å². The molecule has 2 bridgehead atoms. The van der Waals surface area contributed by atoms with E-state index in [1.54, 1.807) is 0 Å². The fraction of sp³-hybridized carbons (Fsp3) is 0.600. The predicted octanol–water partition coefficient (Wildman–Crippen LogP) is 3.37. The van der Waals surface area contributed by atoms with Gasteiger partial charge in [0.05, 0.1) is 12.1 Å². The number of nitrogens with one attached hydrogen (secondary N) is 2. The second-order valence-corrected chi connectivity index (χ2v) is 10.6. The third kappa shape index (κ3) is 4.79. The van der Waals surface area contributed by atoms with Crippen LogP contribution in [-0.4, -0.2) is 52.0 Å². The van der Waals surface area contributed by atoms with Gasteiger partial charge in [-0.1, -0.05) is 12.1 Å². The van der Waals surface area contributed by atoms with Crippen LogP contribution in [0.1, 0.15) is 62.4 Å². The van der Waals surface area contributed by atoms with Crippen molar-refractivity contribution in [3.05, 3.63) is 35.5 Å². The Morgan fingerprint density at radius 1 is 1.13 bits per heavy atom. The van der Waals surface area contributed by atoms with Gasteiger partial charge in [-0.05, 0) is 70.9 Å². The first kappa shape index (κ1) is 21.9. The van der Waals surface area contributed by atoms with Crippen LogP contribution >= 0.6 is 0 Å². The Balaban J connectivity index is 1.34. The average molecular weight is 425 g/mol. The van der Waals surface area contributed by atoms with Crippen molar-refractivity contribution < 1.29 is 9.59 Å². The van der Waals surface area contributed by atoms with E-state index in [1.165, 1.54) is 5.56 Å². The van der Waals surface area contributed by atoms with E-state index in [0.29, 0.717) is 31.1 Å². The number of fused-ring (bicyclic) bond motifs is 3. The second-order valence-electron chi connectivity index (χ2n) is 10.6. The Kier molecular flexibility index (Phi) is 5.86. The number of piperidine rings is 1. The molecular weight excluding hydrogens is 388 g/mol. The summed E-state index contributed by atoms with van der Waals surface area (Å²) in [5.74, 6) is 0.594. The van der Waals surface area contributed by atoms with E-state index in [2.05, 4.69) is 34.6 Å². The topological polar surface area (TPSA) is 66.4 Å². The molecule has 2 amide bonds. The minimum absolute atomic E-state index is 0.00813. The summed E-state index contributed by atoms with van der Waals surface area (Å²) >= 11 is 0. The minimum atomic E-state index is -0.195. The highest BCUT2D eigenvalue weighted by molar-refractivity contribution is 6.07. The number of rotatable bonds is 5. The smallest absolute Gasteiger partial charge is 0.253 e. The fourth-order valence-corrected chi connectivity index (χ4v) is 5.44. The number of aryl methyl sites for hydroxylation is 2. The third-order valence-electron chi connectivity index (χ3n) is 6.76. The third-order valence-corrected chi connectivity index (χ3v) is 6.76. The molecule has 2 saturated heterocycles. The molecule has 2 fully saturated rings. The minimum Gasteiger partial charge on any atom is -0.352 e. The SMILES string of the molecule is Cc1ccc2c(C(=O)NCC3CC4CCC(C3)N4CC(=O)NC(C)(C)C)cn(C)c2c1. The Bertz CT molecular complexity index is 973. The fourth-order valence-electron chi connectivity index (χ4n) is 5.44. The van der Waals surface area contributed by atoms with Gasteiger partial charge in [-0.25, -0.2) is 0 Å². The number of carbonyl (C=O) groups is 2. The van der Waals surface area contributed by atoms with E-state index in [1.807, 2.05) is 44.6 Å². The zero-order valence-corrected chi connectivity index (χ0v) is 19.5. The molecule has 0 radical (unpaired) electrons. The van der Waals surface area contributed by atoms with Crippen molar-refractivity contribution in [3.8, 4) is 0 Å². The van der Waals surface area contributed by atoms with Crippen LogP contribution < -0.4 is 10.6 Å². The molecule has 6 heteroatoms. The van der Waals surface area contributed by atoms with Gasteiger partial charge in [0.25, 0.3) is 5.91 Å². The molecule has 31 heavy (non-hydrogen) atoms. The van der Waals surface area contributed by atoms with Crippen LogP contribution in [0.5, 0.6) is 0 Å². The zero-order chi connectivity index (χ0) is 22.3. The van der Waals surface area contributed by atoms with Crippen molar-refractivity contribution in [2.24, 2.45) is 13.0 Å². The van der Waals surface area contributed by atoms with Gasteiger partial charge in [-0.15, -0.1) is 0 Å². The molecule has 2 N–H and O–H groups in total. The van der Waals surface area contributed by atoms with Crippen molar-refractivity contribution in [3.63, 3.8) is 0 Å². The molecule has 1 aromatic carbocycles. The molecular formula is C25H36N4O2. The molecule has 2 aliphatic rings. The lowest BCUT2D eigenvalue weighted by atomic mass is 9.90. The first-order valence-corrected chi connectivity index (χ1v) is 11.5. The maximum atomic E-state index is 12.9. The summed E-state index contributed by atoms with van der Waals surface area (Å²) in [5, 5.41) is 7.28. The molecule has 2 aromatic rings. The second kappa shape index (κ2) is 8.30. The van der Waals surface area contributed by atoms with Crippen molar-refractivity contribution in [2.75, 3.05) is 13.1 Å². The van der Waals surface area contributed by atoms with E-state index in [-0.39, 0.29) is 17.4 Å². The summed E-state index contributed by atoms with van der Waals surface area (Å²) in [6.07, 6.45) is 6.34. The number of hydrogen-bond donors (Lipinski definition) is 2. The van der Waals surface area contributed by atoms with Crippen molar-refractivity contribution in [2.45, 2.75) is 71.0 Å². The molecule has 168 valence electrons. The molecule has 0 spiro atoms. The summed E-state index contributed by atoms with van der Waals surface area (Å²) in [6.45, 7) is 9.32. The molecule has 2 atom stereocenters. The highest BCUT2D eigenvalue weighted by Gasteiger charge is 2.41. The van der Waals surface area contributed by atoms with Gasteiger partial charge in [0.15, 0.2) is 0 Å². The lowest BCUT2D eigenvalue weighted by molar-refractivity contribution is -0.125. The zero-order valence-electron chi connectivity index (χ0n) is 19.5. The van der Waals surface area contributed by atoms with Crippen LogP contribution in [0.15, 0.2) is 24.4 Å². The first-order chi connectivity index (χ1) is 14.6. The van der Waals surface area contributed by atoms with Gasteiger partial charge in [0.2, 0.25) is 5.91 Å². The lowest BCUT2D eigenvalue weighted by Gasteiger charge is -2.39. The Labute approximate surface area is 185 Å². The van der Waals surface area contributed by atoms with Crippen molar-refractivity contribution in [1.82, 2.24) is 20.1 Å². The van der Waals surface area contributed by atoms with E-state index in [4.69, 9.17) is 0 Å². The van der Waals surface area contributed by atoms with Crippen LogP contribution in [0.25, 0.3) is 10.9 Å². The average Bonchev–Trinajstić information content (AvgIpc) is 3.10. The standard InChI is InChI=1S/C25H36N4O2/c1-16-6-9-20-21(14-28(5)22(20)10-16)24(31)26-13-17-11-18-7-8-19(12-17)29(18)15-23(30)27-25(2,3)4/h6,9-10,14,17-19H,7-8,11-13,15H2,1-5H3,(H,26,31)(H,27,30).